The molecule has 0 aliphatic carbocycles. The highest BCUT2D eigenvalue weighted by atomic mass is 16.5. The highest BCUT2D eigenvalue weighted by molar-refractivity contribution is 5.80. The van der Waals surface area contributed by atoms with E-state index in [-0.39, 0.29) is 11.9 Å². The lowest BCUT2D eigenvalue weighted by Crippen LogP contribution is -2.51. The Morgan fingerprint density at radius 2 is 1.95 bits per heavy atom. The van der Waals surface area contributed by atoms with Gasteiger partial charge >= 0.3 is 0 Å². The number of hydrogen-bond donors (Lipinski definition) is 2. The average Bonchev–Trinajstić information content (AvgIpc) is 2.45. The van der Waals surface area contributed by atoms with Crippen LogP contribution in [0.2, 0.25) is 0 Å². The first-order valence-electron chi connectivity index (χ1n) is 7.33. The van der Waals surface area contributed by atoms with E-state index >= 15 is 0 Å². The molecule has 0 saturated carbocycles. The summed E-state index contributed by atoms with van der Waals surface area (Å²) in [4.78, 5) is 12.1. The summed E-state index contributed by atoms with van der Waals surface area (Å²) in [5.41, 5.74) is 5.43. The lowest BCUT2D eigenvalue weighted by atomic mass is 9.94. The van der Waals surface area contributed by atoms with E-state index in [1.54, 1.807) is 6.92 Å². The molecule has 0 aromatic rings. The van der Waals surface area contributed by atoms with E-state index in [2.05, 4.69) is 19.2 Å². The van der Waals surface area contributed by atoms with E-state index in [0.29, 0.717) is 19.8 Å². The van der Waals surface area contributed by atoms with Gasteiger partial charge < -0.3 is 20.5 Å². The van der Waals surface area contributed by atoms with Gasteiger partial charge in [0.15, 0.2) is 0 Å². The van der Waals surface area contributed by atoms with Crippen LogP contribution in [-0.4, -0.2) is 43.4 Å². The van der Waals surface area contributed by atoms with E-state index in [9.17, 15) is 4.79 Å². The van der Waals surface area contributed by atoms with E-state index in [0.717, 1.165) is 25.7 Å². The Bertz CT molecular complexity index is 274. The SMILES string of the molecule is CCC(CC)NC(=O)C(C)OC1(CN)CCOCC1. The van der Waals surface area contributed by atoms with Crippen LogP contribution in [0, 0.1) is 0 Å². The fraction of sp³-hybridized carbons (Fsp3) is 0.929. The molecule has 112 valence electrons. The van der Waals surface area contributed by atoms with Crippen LogP contribution in [0.25, 0.3) is 0 Å². The molecule has 1 unspecified atom stereocenters. The molecule has 1 amide bonds. The Balaban J connectivity index is 2.51. The van der Waals surface area contributed by atoms with Crippen molar-refractivity contribution in [1.29, 1.82) is 0 Å². The van der Waals surface area contributed by atoms with Crippen molar-refractivity contribution in [1.82, 2.24) is 5.32 Å². The summed E-state index contributed by atoms with van der Waals surface area (Å²) in [7, 11) is 0. The predicted octanol–water partition coefficient (Wildman–Crippen LogP) is 1.20. The Morgan fingerprint density at radius 1 is 1.37 bits per heavy atom. The van der Waals surface area contributed by atoms with Crippen LogP contribution >= 0.6 is 0 Å². The largest absolute Gasteiger partial charge is 0.381 e. The topological polar surface area (TPSA) is 73.6 Å². The van der Waals surface area contributed by atoms with E-state index in [1.165, 1.54) is 0 Å². The summed E-state index contributed by atoms with van der Waals surface area (Å²) < 4.78 is 11.3. The first kappa shape index (κ1) is 16.4. The van der Waals surface area contributed by atoms with Crippen molar-refractivity contribution in [2.75, 3.05) is 19.8 Å². The quantitative estimate of drug-likeness (QED) is 0.730. The molecule has 19 heavy (non-hydrogen) atoms. The minimum atomic E-state index is -0.470. The van der Waals surface area contributed by atoms with Gasteiger partial charge in [0.25, 0.3) is 0 Å². The summed E-state index contributed by atoms with van der Waals surface area (Å²) >= 11 is 0. The molecule has 1 aliphatic rings. The van der Waals surface area contributed by atoms with Crippen LogP contribution in [0.4, 0.5) is 0 Å². The molecular formula is C14H28N2O3. The van der Waals surface area contributed by atoms with Gasteiger partial charge in [0, 0.05) is 38.6 Å². The molecule has 1 saturated heterocycles. The third-order valence-corrected chi connectivity index (χ3v) is 3.90. The van der Waals surface area contributed by atoms with Crippen molar-refractivity contribution in [2.45, 2.75) is 64.2 Å². The molecule has 3 N–H and O–H groups in total. The molecule has 1 atom stereocenters. The van der Waals surface area contributed by atoms with Crippen LogP contribution in [-0.2, 0) is 14.3 Å². The van der Waals surface area contributed by atoms with Gasteiger partial charge in [-0.3, -0.25) is 4.79 Å². The molecule has 0 bridgehead atoms. The van der Waals surface area contributed by atoms with Gasteiger partial charge in [0.1, 0.15) is 6.10 Å². The molecule has 1 aliphatic heterocycles. The molecule has 0 aromatic heterocycles. The second-order valence-electron chi connectivity index (χ2n) is 5.28. The molecular weight excluding hydrogens is 244 g/mol. The van der Waals surface area contributed by atoms with Gasteiger partial charge in [-0.05, 0) is 19.8 Å². The third kappa shape index (κ3) is 4.75. The molecule has 5 heteroatoms. The summed E-state index contributed by atoms with van der Waals surface area (Å²) in [6.07, 6.45) is 2.91. The van der Waals surface area contributed by atoms with Crippen LogP contribution in [0.15, 0.2) is 0 Å². The van der Waals surface area contributed by atoms with E-state index in [1.807, 2.05) is 0 Å². The van der Waals surface area contributed by atoms with Crippen molar-refractivity contribution >= 4 is 5.91 Å². The van der Waals surface area contributed by atoms with Gasteiger partial charge in [-0.15, -0.1) is 0 Å². The van der Waals surface area contributed by atoms with E-state index < -0.39 is 11.7 Å². The Kier molecular flexibility index (Phi) is 6.75. The first-order chi connectivity index (χ1) is 9.06. The Morgan fingerprint density at radius 3 is 2.42 bits per heavy atom. The smallest absolute Gasteiger partial charge is 0.249 e. The number of ether oxygens (including phenoxy) is 2. The van der Waals surface area contributed by atoms with Crippen LogP contribution in [0.5, 0.6) is 0 Å². The Labute approximate surface area is 116 Å². The maximum atomic E-state index is 12.1. The number of hydrogen-bond acceptors (Lipinski definition) is 4. The second-order valence-corrected chi connectivity index (χ2v) is 5.28. The molecule has 0 radical (unpaired) electrons. The number of nitrogens with two attached hydrogens (primary N) is 1. The van der Waals surface area contributed by atoms with Crippen molar-refractivity contribution in [3.63, 3.8) is 0 Å². The molecule has 1 heterocycles. The number of carbonyl (C=O) groups excluding carboxylic acids is 1. The van der Waals surface area contributed by atoms with E-state index in [4.69, 9.17) is 15.2 Å². The zero-order valence-corrected chi connectivity index (χ0v) is 12.4. The fourth-order valence-corrected chi connectivity index (χ4v) is 2.35. The van der Waals surface area contributed by atoms with Crippen LogP contribution < -0.4 is 11.1 Å². The van der Waals surface area contributed by atoms with Crippen molar-refractivity contribution < 1.29 is 14.3 Å². The van der Waals surface area contributed by atoms with Crippen molar-refractivity contribution in [3.05, 3.63) is 0 Å². The zero-order valence-electron chi connectivity index (χ0n) is 12.4. The standard InChI is InChI=1S/C14H28N2O3/c1-4-12(5-2)16-13(17)11(3)19-14(10-15)6-8-18-9-7-14/h11-12H,4-10,15H2,1-3H3,(H,16,17). The first-order valence-corrected chi connectivity index (χ1v) is 7.33. The van der Waals surface area contributed by atoms with Crippen molar-refractivity contribution in [2.24, 2.45) is 5.73 Å². The minimum absolute atomic E-state index is 0.0481. The van der Waals surface area contributed by atoms with Crippen LogP contribution in [0.1, 0.15) is 46.5 Å². The number of rotatable bonds is 7. The summed E-state index contributed by atoms with van der Waals surface area (Å²) in [5.74, 6) is -0.0481. The molecule has 5 nitrogen and oxygen atoms in total. The highest BCUT2D eigenvalue weighted by Crippen LogP contribution is 2.25. The van der Waals surface area contributed by atoms with Gasteiger partial charge in [0.05, 0.1) is 5.60 Å². The summed E-state index contributed by atoms with van der Waals surface area (Å²) in [6.45, 7) is 7.67. The lowest BCUT2D eigenvalue weighted by molar-refractivity contribution is -0.158. The normalized spacial score (nSPS) is 20.3. The lowest BCUT2D eigenvalue weighted by Gasteiger charge is -2.38. The molecule has 1 fully saturated rings. The number of carbonyl (C=O) groups is 1. The monoisotopic (exact) mass is 272 g/mol. The van der Waals surface area contributed by atoms with Crippen molar-refractivity contribution in [3.8, 4) is 0 Å². The highest BCUT2D eigenvalue weighted by Gasteiger charge is 2.35. The molecule has 0 aromatic carbocycles. The molecule has 1 rings (SSSR count). The fourth-order valence-electron chi connectivity index (χ4n) is 2.35. The maximum Gasteiger partial charge on any atom is 0.249 e. The van der Waals surface area contributed by atoms with Gasteiger partial charge in [-0.1, -0.05) is 13.8 Å². The predicted molar refractivity (Wildman–Crippen MR) is 74.9 cm³/mol. The third-order valence-electron chi connectivity index (χ3n) is 3.90. The molecule has 0 spiro atoms. The van der Waals surface area contributed by atoms with Gasteiger partial charge in [-0.2, -0.15) is 0 Å². The second kappa shape index (κ2) is 7.82. The maximum absolute atomic E-state index is 12.1. The van der Waals surface area contributed by atoms with Gasteiger partial charge in [-0.25, -0.2) is 0 Å². The number of amides is 1. The summed E-state index contributed by atoms with van der Waals surface area (Å²) in [5, 5.41) is 3.01. The zero-order chi connectivity index (χ0) is 14.3. The summed E-state index contributed by atoms with van der Waals surface area (Å²) in [6, 6.07) is 0.224. The Hall–Kier alpha value is -0.650. The number of nitrogens with one attached hydrogen (secondary N) is 1. The minimum Gasteiger partial charge on any atom is -0.381 e. The van der Waals surface area contributed by atoms with Gasteiger partial charge in [0.2, 0.25) is 5.91 Å². The van der Waals surface area contributed by atoms with Crippen LogP contribution in [0.3, 0.4) is 0 Å². The average molecular weight is 272 g/mol.